The Morgan fingerprint density at radius 3 is 2.57 bits per heavy atom. The number of halogens is 2. The van der Waals surface area contributed by atoms with E-state index in [2.05, 4.69) is 37.0 Å². The second kappa shape index (κ2) is 13.4. The summed E-state index contributed by atoms with van der Waals surface area (Å²) in [5.41, 5.74) is 2.64. The van der Waals surface area contributed by atoms with E-state index in [-0.39, 0.29) is 11.9 Å². The van der Waals surface area contributed by atoms with Crippen molar-refractivity contribution in [1.82, 2.24) is 14.9 Å². The molecule has 0 unspecified atom stereocenters. The van der Waals surface area contributed by atoms with Crippen molar-refractivity contribution in [1.29, 1.82) is 0 Å². The van der Waals surface area contributed by atoms with Crippen molar-refractivity contribution in [2.75, 3.05) is 60.6 Å². The van der Waals surface area contributed by atoms with Gasteiger partial charge < -0.3 is 25.0 Å². The third-order valence-corrected chi connectivity index (χ3v) is 9.53. The molecule has 2 aromatic carbocycles. The standard InChI is InChI=1S/C34H39F2N7O4/c1-3-34(44)40-28-15-29(31(45-2)16-30(28)41-7-4-24(5-8-41)42-18-27-14-26(42)19-46-27)39-32-17-33(38-20-37-32)43-25(6-9-47-43)12-21-10-22(35)13-23(36)11-21/h3,10-11,13,15-17,20,24-27H,1,4-9,12,14,18-19H2,2H3,(H,40,44)(H,37,38,39)/t25-,26+,27+/m1/s1. The number of amides is 1. The first-order valence-corrected chi connectivity index (χ1v) is 16.1. The number of nitrogens with zero attached hydrogens (tertiary/aromatic N) is 5. The number of hydrogen-bond donors (Lipinski definition) is 2. The van der Waals surface area contributed by atoms with Gasteiger partial charge in [0.15, 0.2) is 5.82 Å². The summed E-state index contributed by atoms with van der Waals surface area (Å²) >= 11 is 0. The minimum atomic E-state index is -0.615. The second-order valence-electron chi connectivity index (χ2n) is 12.5. The van der Waals surface area contributed by atoms with Crippen LogP contribution in [-0.2, 0) is 20.8 Å². The van der Waals surface area contributed by atoms with Gasteiger partial charge in [0.2, 0.25) is 5.91 Å². The van der Waals surface area contributed by atoms with Gasteiger partial charge in [-0.2, -0.15) is 0 Å². The number of carbonyl (C=O) groups is 1. The predicted octanol–water partition coefficient (Wildman–Crippen LogP) is 4.83. The molecule has 248 valence electrons. The van der Waals surface area contributed by atoms with Crippen LogP contribution in [0.25, 0.3) is 0 Å². The zero-order valence-electron chi connectivity index (χ0n) is 26.3. The predicted molar refractivity (Wildman–Crippen MR) is 174 cm³/mol. The Morgan fingerprint density at radius 2 is 1.87 bits per heavy atom. The highest BCUT2D eigenvalue weighted by Gasteiger charge is 2.42. The molecular weight excluding hydrogens is 608 g/mol. The molecule has 0 radical (unpaired) electrons. The monoisotopic (exact) mass is 647 g/mol. The number of nitrogens with one attached hydrogen (secondary N) is 2. The van der Waals surface area contributed by atoms with Gasteiger partial charge in [-0.15, -0.1) is 0 Å². The number of rotatable bonds is 10. The lowest BCUT2D eigenvalue weighted by atomic mass is 10.0. The smallest absolute Gasteiger partial charge is 0.247 e. The fourth-order valence-corrected chi connectivity index (χ4v) is 7.32. The maximum Gasteiger partial charge on any atom is 0.247 e. The SMILES string of the molecule is C=CC(=O)Nc1cc(Nc2cc(N3OCC[C@@H]3Cc3cc(F)cc(F)c3)ncn2)c(OC)cc1N1CCC(N2C[C@@H]3C[C@H]2CO3)CC1. The molecule has 0 spiro atoms. The number of hydroxylamine groups is 1. The highest BCUT2D eigenvalue weighted by atomic mass is 19.1. The van der Waals surface area contributed by atoms with Crippen LogP contribution in [0.1, 0.15) is 31.2 Å². The fraction of sp³-hybridized carbons (Fsp3) is 0.441. The van der Waals surface area contributed by atoms with Gasteiger partial charge in [0.1, 0.15) is 29.5 Å². The molecule has 1 aromatic heterocycles. The average Bonchev–Trinajstić information content (AvgIpc) is 3.83. The first-order valence-electron chi connectivity index (χ1n) is 16.1. The van der Waals surface area contributed by atoms with Gasteiger partial charge in [-0.25, -0.2) is 23.8 Å². The molecule has 4 aliphatic heterocycles. The van der Waals surface area contributed by atoms with E-state index in [1.54, 1.807) is 18.2 Å². The van der Waals surface area contributed by atoms with E-state index >= 15 is 0 Å². The highest BCUT2D eigenvalue weighted by molar-refractivity contribution is 6.02. The van der Waals surface area contributed by atoms with Gasteiger partial charge in [-0.3, -0.25) is 14.5 Å². The Hall–Kier alpha value is -4.33. The molecule has 4 aliphatic rings. The van der Waals surface area contributed by atoms with Crippen molar-refractivity contribution >= 4 is 34.6 Å². The molecule has 2 bridgehead atoms. The summed E-state index contributed by atoms with van der Waals surface area (Å²) in [6.07, 6.45) is 7.28. The number of methoxy groups -OCH3 is 1. The quantitative estimate of drug-likeness (QED) is 0.298. The van der Waals surface area contributed by atoms with E-state index < -0.39 is 11.6 Å². The Morgan fingerprint density at radius 1 is 1.06 bits per heavy atom. The number of morpholine rings is 1. The minimum Gasteiger partial charge on any atom is -0.494 e. The lowest BCUT2D eigenvalue weighted by Gasteiger charge is -2.41. The first-order chi connectivity index (χ1) is 22.9. The first kappa shape index (κ1) is 31.3. The van der Waals surface area contributed by atoms with Crippen molar-refractivity contribution in [3.05, 3.63) is 72.6 Å². The number of aromatic nitrogens is 2. The Kier molecular flexibility index (Phi) is 8.93. The molecule has 3 aromatic rings. The molecule has 13 heteroatoms. The Balaban J connectivity index is 1.09. The van der Waals surface area contributed by atoms with Crippen LogP contribution in [0.4, 0.5) is 37.5 Å². The molecule has 0 aliphatic carbocycles. The third kappa shape index (κ3) is 6.74. The summed E-state index contributed by atoms with van der Waals surface area (Å²) in [5, 5.41) is 7.96. The number of likely N-dealkylation sites (tertiary alicyclic amines) is 1. The molecule has 2 N–H and O–H groups in total. The van der Waals surface area contributed by atoms with Crippen molar-refractivity contribution in [2.24, 2.45) is 0 Å². The second-order valence-corrected chi connectivity index (χ2v) is 12.5. The van der Waals surface area contributed by atoms with Crippen LogP contribution >= 0.6 is 0 Å². The molecule has 1 amide bonds. The lowest BCUT2D eigenvalue weighted by molar-refractivity contribution is -0.111. The van der Waals surface area contributed by atoms with Crippen molar-refractivity contribution in [3.8, 4) is 5.75 Å². The number of hydrogen-bond acceptors (Lipinski definition) is 10. The third-order valence-electron chi connectivity index (χ3n) is 9.53. The van der Waals surface area contributed by atoms with Gasteiger partial charge in [0, 0.05) is 49.9 Å². The number of carbonyl (C=O) groups excluding carboxylic acids is 1. The van der Waals surface area contributed by atoms with E-state index in [9.17, 15) is 13.6 Å². The molecule has 11 nitrogen and oxygen atoms in total. The van der Waals surface area contributed by atoms with E-state index in [0.717, 1.165) is 57.3 Å². The number of fused-ring (bicyclic) bond motifs is 2. The molecule has 3 atom stereocenters. The average molecular weight is 648 g/mol. The summed E-state index contributed by atoms with van der Waals surface area (Å²) < 4.78 is 39.3. The largest absolute Gasteiger partial charge is 0.494 e. The van der Waals surface area contributed by atoms with Crippen LogP contribution < -0.4 is 25.3 Å². The van der Waals surface area contributed by atoms with Crippen LogP contribution in [0.15, 0.2) is 55.4 Å². The summed E-state index contributed by atoms with van der Waals surface area (Å²) in [4.78, 5) is 32.2. The fourth-order valence-electron chi connectivity index (χ4n) is 7.32. The number of benzene rings is 2. The maximum atomic E-state index is 13.8. The van der Waals surface area contributed by atoms with E-state index in [1.807, 2.05) is 12.1 Å². The van der Waals surface area contributed by atoms with Crippen molar-refractivity contribution < 1.29 is 27.9 Å². The zero-order chi connectivity index (χ0) is 32.5. The van der Waals surface area contributed by atoms with Gasteiger partial charge in [0.05, 0.1) is 49.5 Å². The molecule has 47 heavy (non-hydrogen) atoms. The molecule has 0 saturated carbocycles. The molecule has 4 saturated heterocycles. The lowest BCUT2D eigenvalue weighted by Crippen LogP contribution is -2.49. The summed E-state index contributed by atoms with van der Waals surface area (Å²) in [6.45, 7) is 7.63. The minimum absolute atomic E-state index is 0.174. The molecule has 5 heterocycles. The Labute approximate surface area is 272 Å². The van der Waals surface area contributed by atoms with Gasteiger partial charge in [-0.1, -0.05) is 6.58 Å². The molecule has 4 fully saturated rings. The number of piperidine rings is 1. The van der Waals surface area contributed by atoms with Crippen molar-refractivity contribution in [3.63, 3.8) is 0 Å². The van der Waals surface area contributed by atoms with Crippen LogP contribution in [0.2, 0.25) is 0 Å². The zero-order valence-corrected chi connectivity index (χ0v) is 26.3. The van der Waals surface area contributed by atoms with Crippen LogP contribution in [0.3, 0.4) is 0 Å². The number of ether oxygens (including phenoxy) is 2. The van der Waals surface area contributed by atoms with Gasteiger partial charge >= 0.3 is 0 Å². The van der Waals surface area contributed by atoms with E-state index in [1.165, 1.54) is 24.5 Å². The molecule has 7 rings (SSSR count). The summed E-state index contributed by atoms with van der Waals surface area (Å²) in [5.74, 6) is 0.00479. The van der Waals surface area contributed by atoms with E-state index in [4.69, 9.17) is 14.3 Å². The molecular formula is C34H39F2N7O4. The Bertz CT molecular complexity index is 1620. The maximum absolute atomic E-state index is 13.8. The van der Waals surface area contributed by atoms with Crippen LogP contribution in [0, 0.1) is 11.6 Å². The van der Waals surface area contributed by atoms with E-state index in [0.29, 0.717) is 72.0 Å². The van der Waals surface area contributed by atoms with Crippen molar-refractivity contribution in [2.45, 2.75) is 56.3 Å². The van der Waals surface area contributed by atoms with Crippen LogP contribution in [-0.4, -0.2) is 85.0 Å². The highest BCUT2D eigenvalue weighted by Crippen LogP contribution is 2.41. The summed E-state index contributed by atoms with van der Waals surface area (Å²) in [6, 6.07) is 9.93. The van der Waals surface area contributed by atoms with Crippen LogP contribution in [0.5, 0.6) is 5.75 Å². The van der Waals surface area contributed by atoms with Gasteiger partial charge in [0.25, 0.3) is 0 Å². The topological polar surface area (TPSA) is 104 Å². The van der Waals surface area contributed by atoms with Gasteiger partial charge in [-0.05, 0) is 61.9 Å². The summed E-state index contributed by atoms with van der Waals surface area (Å²) in [7, 11) is 1.60. The number of anilines is 5. The normalized spacial score (nSPS) is 22.9.